The van der Waals surface area contributed by atoms with Crippen LogP contribution < -0.4 is 5.11 Å². The molecule has 0 N–H and O–H groups in total. The van der Waals surface area contributed by atoms with E-state index in [0.717, 1.165) is 50.0 Å². The van der Waals surface area contributed by atoms with Gasteiger partial charge in [-0.1, -0.05) is 76.0 Å². The van der Waals surface area contributed by atoms with Gasteiger partial charge in [-0.2, -0.15) is 0 Å². The van der Waals surface area contributed by atoms with Gasteiger partial charge in [-0.3, -0.25) is 0 Å². The number of unbranched alkanes of at least 4 members (excludes halogenated alkanes) is 10. The zero-order valence-corrected chi connectivity index (χ0v) is 16.2. The summed E-state index contributed by atoms with van der Waals surface area (Å²) >= 11 is 6.20. The SMILES string of the molecule is CCCCCCCC/C=C(/Cl)CCCCCCCC(=O)[O-].[Ag+]. The molecular weight excluding hydrogens is 392 g/mol. The molecule has 0 aromatic carbocycles. The van der Waals surface area contributed by atoms with E-state index >= 15 is 0 Å². The van der Waals surface area contributed by atoms with Gasteiger partial charge >= 0.3 is 22.4 Å². The first-order valence-corrected chi connectivity index (χ1v) is 9.09. The molecule has 0 aromatic heterocycles. The van der Waals surface area contributed by atoms with Gasteiger partial charge in [0, 0.05) is 11.0 Å². The van der Waals surface area contributed by atoms with E-state index < -0.39 is 5.97 Å². The summed E-state index contributed by atoms with van der Waals surface area (Å²) in [5, 5.41) is 11.2. The Balaban J connectivity index is 0. The molecular formula is C18H32AgClO2. The first kappa shape index (κ1) is 24.5. The van der Waals surface area contributed by atoms with E-state index in [0.29, 0.717) is 0 Å². The van der Waals surface area contributed by atoms with Crippen molar-refractivity contribution in [1.29, 1.82) is 0 Å². The van der Waals surface area contributed by atoms with E-state index in [1.54, 1.807) is 0 Å². The zero-order valence-electron chi connectivity index (χ0n) is 14.0. The summed E-state index contributed by atoms with van der Waals surface area (Å²) in [6.07, 6.45) is 17.5. The molecule has 0 aliphatic rings. The summed E-state index contributed by atoms with van der Waals surface area (Å²) in [7, 11) is 0. The number of aliphatic carboxylic acids is 1. The van der Waals surface area contributed by atoms with Crippen LogP contribution >= 0.6 is 11.6 Å². The summed E-state index contributed by atoms with van der Waals surface area (Å²) in [4.78, 5) is 10.2. The third kappa shape index (κ3) is 20.2. The van der Waals surface area contributed by atoms with Crippen molar-refractivity contribution in [2.24, 2.45) is 0 Å². The number of carbonyl (C=O) groups is 1. The van der Waals surface area contributed by atoms with Crippen LogP contribution in [0.15, 0.2) is 11.1 Å². The first-order valence-electron chi connectivity index (χ1n) is 8.71. The second kappa shape index (κ2) is 19.3. The number of halogens is 1. The van der Waals surface area contributed by atoms with Gasteiger partial charge in [0.15, 0.2) is 0 Å². The number of carboxylic acid groups (broad SMARTS) is 1. The van der Waals surface area contributed by atoms with Crippen molar-refractivity contribution < 1.29 is 32.3 Å². The second-order valence-corrected chi connectivity index (χ2v) is 6.33. The van der Waals surface area contributed by atoms with E-state index in [-0.39, 0.29) is 28.8 Å². The first-order chi connectivity index (χ1) is 10.2. The quantitative estimate of drug-likeness (QED) is 0.263. The van der Waals surface area contributed by atoms with Crippen LogP contribution in [0.25, 0.3) is 0 Å². The van der Waals surface area contributed by atoms with E-state index in [1.807, 2.05) is 0 Å². The molecule has 0 fully saturated rings. The van der Waals surface area contributed by atoms with Crippen LogP contribution in [0, 0.1) is 0 Å². The minimum absolute atomic E-state index is 0. The molecule has 0 unspecified atom stereocenters. The van der Waals surface area contributed by atoms with Gasteiger partial charge in [0.1, 0.15) is 0 Å². The molecule has 4 heteroatoms. The third-order valence-corrected chi connectivity index (χ3v) is 4.06. The van der Waals surface area contributed by atoms with Crippen LogP contribution in [0.2, 0.25) is 0 Å². The molecule has 0 heterocycles. The Hall–Kier alpha value is 0.240. The molecule has 134 valence electrons. The molecule has 22 heavy (non-hydrogen) atoms. The minimum Gasteiger partial charge on any atom is -0.550 e. The average molecular weight is 424 g/mol. The van der Waals surface area contributed by atoms with E-state index in [1.165, 1.54) is 38.5 Å². The molecule has 0 saturated carbocycles. The van der Waals surface area contributed by atoms with Crippen molar-refractivity contribution in [1.82, 2.24) is 0 Å². The second-order valence-electron chi connectivity index (χ2n) is 5.85. The molecule has 0 bridgehead atoms. The molecule has 0 atom stereocenters. The predicted molar refractivity (Wildman–Crippen MR) is 89.3 cm³/mol. The van der Waals surface area contributed by atoms with Crippen molar-refractivity contribution in [2.45, 2.75) is 96.8 Å². The topological polar surface area (TPSA) is 40.1 Å². The maximum atomic E-state index is 10.2. The van der Waals surface area contributed by atoms with Crippen LogP contribution in [0.1, 0.15) is 96.8 Å². The van der Waals surface area contributed by atoms with Gasteiger partial charge in [0.25, 0.3) is 0 Å². The van der Waals surface area contributed by atoms with Gasteiger partial charge in [-0.05, 0) is 38.5 Å². The standard InChI is InChI=1S/C18H33ClO2.Ag/c1-2-3-4-5-6-8-11-14-17(19)15-12-9-7-10-13-16-18(20)21;/h14H,2-13,15-16H2,1H3,(H,20,21);/q;+1/p-1/b17-14+;. The van der Waals surface area contributed by atoms with Crippen molar-refractivity contribution in [3.05, 3.63) is 11.1 Å². The number of hydrogen-bond acceptors (Lipinski definition) is 2. The minimum atomic E-state index is -0.935. The summed E-state index contributed by atoms with van der Waals surface area (Å²) in [6.45, 7) is 2.24. The Morgan fingerprint density at radius 1 is 0.864 bits per heavy atom. The van der Waals surface area contributed by atoms with Crippen molar-refractivity contribution in [3.8, 4) is 0 Å². The van der Waals surface area contributed by atoms with Gasteiger partial charge in [-0.15, -0.1) is 0 Å². The van der Waals surface area contributed by atoms with Crippen LogP contribution in [0.4, 0.5) is 0 Å². The van der Waals surface area contributed by atoms with Crippen molar-refractivity contribution >= 4 is 17.6 Å². The zero-order chi connectivity index (χ0) is 15.8. The Labute approximate surface area is 157 Å². The fourth-order valence-corrected chi connectivity index (χ4v) is 2.62. The normalized spacial score (nSPS) is 11.3. The van der Waals surface area contributed by atoms with E-state index in [2.05, 4.69) is 13.0 Å². The average Bonchev–Trinajstić information content (AvgIpc) is 2.45. The Bertz CT molecular complexity index is 280. The summed E-state index contributed by atoms with van der Waals surface area (Å²) in [5.41, 5.74) is 0. The maximum Gasteiger partial charge on any atom is 1.00 e. The molecule has 0 amide bonds. The number of carbonyl (C=O) groups excluding carboxylic acids is 1. The molecule has 0 spiro atoms. The fourth-order valence-electron chi connectivity index (χ4n) is 2.38. The van der Waals surface area contributed by atoms with Gasteiger partial charge in [0.2, 0.25) is 0 Å². The van der Waals surface area contributed by atoms with Crippen LogP contribution in [0.3, 0.4) is 0 Å². The largest absolute Gasteiger partial charge is 1.00 e. The van der Waals surface area contributed by atoms with Gasteiger partial charge < -0.3 is 9.90 Å². The molecule has 0 rings (SSSR count). The van der Waals surface area contributed by atoms with E-state index in [4.69, 9.17) is 11.6 Å². The third-order valence-electron chi connectivity index (χ3n) is 3.72. The molecule has 0 aromatic rings. The van der Waals surface area contributed by atoms with E-state index in [9.17, 15) is 9.90 Å². The molecule has 2 nitrogen and oxygen atoms in total. The predicted octanol–water partition coefficient (Wildman–Crippen LogP) is 5.34. The number of rotatable bonds is 15. The monoisotopic (exact) mass is 422 g/mol. The van der Waals surface area contributed by atoms with Crippen molar-refractivity contribution in [2.75, 3.05) is 0 Å². The molecule has 0 aliphatic carbocycles. The smallest absolute Gasteiger partial charge is 0.550 e. The van der Waals surface area contributed by atoms with Crippen LogP contribution in [0.5, 0.6) is 0 Å². The number of carboxylic acids is 1. The summed E-state index contributed by atoms with van der Waals surface area (Å²) in [6, 6.07) is 0. The summed E-state index contributed by atoms with van der Waals surface area (Å²) in [5.74, 6) is -0.935. The Morgan fingerprint density at radius 2 is 1.36 bits per heavy atom. The maximum absolute atomic E-state index is 10.2. The fraction of sp³-hybridized carbons (Fsp3) is 0.833. The van der Waals surface area contributed by atoms with Crippen LogP contribution in [-0.4, -0.2) is 5.97 Å². The molecule has 0 saturated heterocycles. The number of allylic oxidation sites excluding steroid dienone is 2. The number of hydrogen-bond donors (Lipinski definition) is 0. The van der Waals surface area contributed by atoms with Crippen molar-refractivity contribution in [3.63, 3.8) is 0 Å². The van der Waals surface area contributed by atoms with Crippen LogP contribution in [-0.2, 0) is 27.2 Å². The van der Waals surface area contributed by atoms with Gasteiger partial charge in [-0.25, -0.2) is 0 Å². The van der Waals surface area contributed by atoms with Gasteiger partial charge in [0.05, 0.1) is 0 Å². The Kier molecular flexibility index (Phi) is 21.5. The molecule has 0 radical (unpaired) electrons. The Morgan fingerprint density at radius 3 is 1.95 bits per heavy atom. The molecule has 0 aliphatic heterocycles. The summed E-state index contributed by atoms with van der Waals surface area (Å²) < 4.78 is 0.